The van der Waals surface area contributed by atoms with Gasteiger partial charge in [0.1, 0.15) is 0 Å². The Labute approximate surface area is 127 Å². The van der Waals surface area contributed by atoms with Gasteiger partial charge in [0.05, 0.1) is 23.7 Å². The van der Waals surface area contributed by atoms with Crippen LogP contribution in [0.2, 0.25) is 0 Å². The van der Waals surface area contributed by atoms with Crippen molar-refractivity contribution >= 4 is 5.78 Å². The van der Waals surface area contributed by atoms with E-state index in [1.165, 1.54) is 24.3 Å². The fourth-order valence-electron chi connectivity index (χ4n) is 2.84. The molecule has 1 aliphatic rings. The van der Waals surface area contributed by atoms with Crippen molar-refractivity contribution in [3.05, 3.63) is 70.3 Å². The SMILES string of the molecule is O=C1c2ccccc2C(O)C1C(O)c1c(F)c(F)cc(F)c1F. The summed E-state index contributed by atoms with van der Waals surface area (Å²) in [6.45, 7) is 0. The van der Waals surface area contributed by atoms with Crippen molar-refractivity contribution in [3.63, 3.8) is 0 Å². The summed E-state index contributed by atoms with van der Waals surface area (Å²) in [5.74, 6) is -9.41. The highest BCUT2D eigenvalue weighted by molar-refractivity contribution is 6.03. The molecule has 23 heavy (non-hydrogen) atoms. The second kappa shape index (κ2) is 5.43. The van der Waals surface area contributed by atoms with Crippen LogP contribution < -0.4 is 0 Å². The lowest BCUT2D eigenvalue weighted by molar-refractivity contribution is 0.0191. The Kier molecular flexibility index (Phi) is 3.69. The van der Waals surface area contributed by atoms with E-state index in [9.17, 15) is 32.6 Å². The molecule has 0 bridgehead atoms. The molecule has 2 aromatic carbocycles. The Morgan fingerprint density at radius 2 is 1.57 bits per heavy atom. The summed E-state index contributed by atoms with van der Waals surface area (Å²) in [6, 6.07) is 5.85. The van der Waals surface area contributed by atoms with Gasteiger partial charge in [-0.15, -0.1) is 0 Å². The van der Waals surface area contributed by atoms with Gasteiger partial charge in [-0.05, 0) is 5.56 Å². The molecule has 0 aromatic heterocycles. The van der Waals surface area contributed by atoms with Crippen LogP contribution in [0.1, 0.15) is 33.7 Å². The zero-order chi connectivity index (χ0) is 16.9. The minimum atomic E-state index is -2.24. The molecule has 1 aliphatic carbocycles. The van der Waals surface area contributed by atoms with Crippen LogP contribution in [-0.4, -0.2) is 16.0 Å². The summed E-state index contributed by atoms with van der Waals surface area (Å²) in [4.78, 5) is 12.3. The average Bonchev–Trinajstić information content (AvgIpc) is 2.77. The zero-order valence-electron chi connectivity index (χ0n) is 11.4. The molecule has 0 radical (unpaired) electrons. The second-order valence-corrected chi connectivity index (χ2v) is 5.25. The van der Waals surface area contributed by atoms with Gasteiger partial charge in [0.2, 0.25) is 0 Å². The summed E-state index contributed by atoms with van der Waals surface area (Å²) in [6.07, 6.45) is -3.78. The van der Waals surface area contributed by atoms with Crippen molar-refractivity contribution in [2.75, 3.05) is 0 Å². The van der Waals surface area contributed by atoms with Crippen molar-refractivity contribution in [2.45, 2.75) is 12.2 Å². The minimum absolute atomic E-state index is 0.00251. The molecule has 120 valence electrons. The maximum Gasteiger partial charge on any atom is 0.172 e. The van der Waals surface area contributed by atoms with E-state index < -0.39 is 52.7 Å². The fraction of sp³-hybridized carbons (Fsp3) is 0.188. The van der Waals surface area contributed by atoms with Crippen molar-refractivity contribution in [1.82, 2.24) is 0 Å². The normalized spacial score (nSPS) is 21.4. The monoisotopic (exact) mass is 326 g/mol. The molecule has 0 spiro atoms. The number of benzene rings is 2. The molecule has 2 N–H and O–H groups in total. The number of hydrogen-bond acceptors (Lipinski definition) is 3. The zero-order valence-corrected chi connectivity index (χ0v) is 11.4. The maximum atomic E-state index is 13.8. The van der Waals surface area contributed by atoms with E-state index >= 15 is 0 Å². The molecule has 0 saturated carbocycles. The lowest BCUT2D eigenvalue weighted by Crippen LogP contribution is -2.25. The Morgan fingerprint density at radius 1 is 1.00 bits per heavy atom. The number of Topliss-reactive ketones (excluding diaryl/α,β-unsaturated/α-hetero) is 1. The first-order chi connectivity index (χ1) is 10.8. The van der Waals surface area contributed by atoms with E-state index in [0.29, 0.717) is 0 Å². The van der Waals surface area contributed by atoms with Crippen LogP contribution in [0.5, 0.6) is 0 Å². The number of aliphatic hydroxyl groups excluding tert-OH is 2. The van der Waals surface area contributed by atoms with E-state index in [1.807, 2.05) is 0 Å². The average molecular weight is 326 g/mol. The first-order valence-electron chi connectivity index (χ1n) is 6.66. The molecule has 3 nitrogen and oxygen atoms in total. The quantitative estimate of drug-likeness (QED) is 0.659. The number of carbonyl (C=O) groups is 1. The van der Waals surface area contributed by atoms with Gasteiger partial charge in [-0.3, -0.25) is 4.79 Å². The summed E-state index contributed by atoms with van der Waals surface area (Å²) in [5, 5.41) is 20.3. The fourth-order valence-corrected chi connectivity index (χ4v) is 2.84. The second-order valence-electron chi connectivity index (χ2n) is 5.25. The van der Waals surface area contributed by atoms with Crippen LogP contribution in [0, 0.1) is 29.2 Å². The molecule has 0 fully saturated rings. The first kappa shape index (κ1) is 15.6. The molecule has 3 rings (SSSR count). The number of rotatable bonds is 2. The van der Waals surface area contributed by atoms with E-state index in [2.05, 4.69) is 0 Å². The number of carbonyl (C=O) groups excluding carboxylic acids is 1. The molecule has 0 heterocycles. The predicted molar refractivity (Wildman–Crippen MR) is 70.5 cm³/mol. The highest BCUT2D eigenvalue weighted by Gasteiger charge is 2.45. The summed E-state index contributed by atoms with van der Waals surface area (Å²) in [5.41, 5.74) is -1.05. The topological polar surface area (TPSA) is 57.5 Å². The molecular weight excluding hydrogens is 316 g/mol. The Bertz CT molecular complexity index is 780. The van der Waals surface area contributed by atoms with Crippen LogP contribution in [0.25, 0.3) is 0 Å². The van der Waals surface area contributed by atoms with Gasteiger partial charge in [-0.2, -0.15) is 0 Å². The van der Waals surface area contributed by atoms with Gasteiger partial charge in [0, 0.05) is 11.6 Å². The highest BCUT2D eigenvalue weighted by atomic mass is 19.2. The van der Waals surface area contributed by atoms with Gasteiger partial charge in [0.15, 0.2) is 29.1 Å². The standard InChI is InChI=1S/C16H10F4O3/c17-8-5-9(18)13(20)10(12(8)19)16(23)11-14(21)6-3-1-2-4-7(6)15(11)22/h1-5,11,14,16,21,23H. The highest BCUT2D eigenvalue weighted by Crippen LogP contribution is 2.44. The van der Waals surface area contributed by atoms with Crippen molar-refractivity contribution in [1.29, 1.82) is 0 Å². The van der Waals surface area contributed by atoms with E-state index in [0.717, 1.165) is 0 Å². The smallest absolute Gasteiger partial charge is 0.172 e. The summed E-state index contributed by atoms with van der Waals surface area (Å²) < 4.78 is 54.2. The van der Waals surface area contributed by atoms with Gasteiger partial charge in [-0.1, -0.05) is 24.3 Å². The number of aliphatic hydroxyl groups is 2. The Balaban J connectivity index is 2.10. The molecule has 3 atom stereocenters. The third-order valence-corrected chi connectivity index (χ3v) is 3.97. The largest absolute Gasteiger partial charge is 0.388 e. The molecule has 0 saturated heterocycles. The van der Waals surface area contributed by atoms with Gasteiger partial charge in [-0.25, -0.2) is 17.6 Å². The van der Waals surface area contributed by atoms with Crippen LogP contribution in [0.3, 0.4) is 0 Å². The predicted octanol–water partition coefficient (Wildman–Crippen LogP) is 2.82. The number of halogens is 4. The van der Waals surface area contributed by atoms with Crippen LogP contribution in [0.15, 0.2) is 30.3 Å². The number of fused-ring (bicyclic) bond motifs is 1. The third-order valence-electron chi connectivity index (χ3n) is 3.97. The van der Waals surface area contributed by atoms with Crippen LogP contribution in [0.4, 0.5) is 17.6 Å². The van der Waals surface area contributed by atoms with Crippen molar-refractivity contribution < 1.29 is 32.6 Å². The molecule has 7 heteroatoms. The van der Waals surface area contributed by atoms with Crippen molar-refractivity contribution in [2.24, 2.45) is 5.92 Å². The van der Waals surface area contributed by atoms with E-state index in [1.54, 1.807) is 0 Å². The molecular formula is C16H10F4O3. The lowest BCUT2D eigenvalue weighted by Gasteiger charge is -2.22. The summed E-state index contributed by atoms with van der Waals surface area (Å²) >= 11 is 0. The lowest BCUT2D eigenvalue weighted by atomic mass is 9.90. The number of ketones is 1. The van der Waals surface area contributed by atoms with Gasteiger partial charge >= 0.3 is 0 Å². The van der Waals surface area contributed by atoms with E-state index in [-0.39, 0.29) is 17.2 Å². The van der Waals surface area contributed by atoms with Gasteiger partial charge < -0.3 is 10.2 Å². The van der Waals surface area contributed by atoms with Crippen LogP contribution >= 0.6 is 0 Å². The third kappa shape index (κ3) is 2.24. The Hall–Kier alpha value is -2.25. The molecule has 0 aliphatic heterocycles. The summed E-state index contributed by atoms with van der Waals surface area (Å²) in [7, 11) is 0. The minimum Gasteiger partial charge on any atom is -0.388 e. The first-order valence-corrected chi connectivity index (χ1v) is 6.66. The maximum absolute atomic E-state index is 13.8. The van der Waals surface area contributed by atoms with Gasteiger partial charge in [0.25, 0.3) is 0 Å². The van der Waals surface area contributed by atoms with Crippen LogP contribution in [-0.2, 0) is 0 Å². The molecule has 3 unspecified atom stereocenters. The molecule has 2 aromatic rings. The van der Waals surface area contributed by atoms with Crippen molar-refractivity contribution in [3.8, 4) is 0 Å². The Morgan fingerprint density at radius 3 is 2.13 bits per heavy atom. The number of hydrogen-bond donors (Lipinski definition) is 2. The van der Waals surface area contributed by atoms with E-state index in [4.69, 9.17) is 0 Å². The molecule has 0 amide bonds.